The fraction of sp³-hybridized carbons (Fsp3) is 0.611. The van der Waals surface area contributed by atoms with Crippen molar-refractivity contribution < 1.29 is 14.1 Å². The maximum atomic E-state index is 13.2. The Balaban J connectivity index is 1.82. The molecular weight excluding hydrogens is 348 g/mol. The molecule has 1 aliphatic rings. The van der Waals surface area contributed by atoms with Crippen LogP contribution in [0.15, 0.2) is 10.7 Å². The van der Waals surface area contributed by atoms with Crippen LogP contribution >= 0.6 is 0 Å². The molecule has 0 aliphatic carbocycles. The van der Waals surface area contributed by atoms with Gasteiger partial charge in [0.05, 0.1) is 17.9 Å². The molecule has 0 bridgehead atoms. The number of rotatable bonds is 6. The van der Waals surface area contributed by atoms with Gasteiger partial charge in [-0.25, -0.2) is 9.97 Å². The number of ether oxygens (including phenoxy) is 1. The van der Waals surface area contributed by atoms with Crippen molar-refractivity contribution in [3.05, 3.63) is 29.2 Å². The van der Waals surface area contributed by atoms with Gasteiger partial charge in [-0.2, -0.15) is 4.98 Å². The van der Waals surface area contributed by atoms with Crippen molar-refractivity contribution in [1.29, 1.82) is 0 Å². The largest absolute Gasteiger partial charge is 0.384 e. The van der Waals surface area contributed by atoms with E-state index in [2.05, 4.69) is 20.1 Å². The Hall–Kier alpha value is -2.55. The van der Waals surface area contributed by atoms with Crippen molar-refractivity contribution in [2.45, 2.75) is 38.6 Å². The third-order valence-corrected chi connectivity index (χ3v) is 4.66. The van der Waals surface area contributed by atoms with E-state index in [1.807, 2.05) is 25.9 Å². The standard InChI is InChI=1S/C18H26N6O3/c1-12-13(11-19-18(20-12)23(2)3)17(25)24-9-6-5-7-14(24)16-21-15(22-27-16)8-10-26-4/h11,14H,5-10H2,1-4H3. The van der Waals surface area contributed by atoms with Gasteiger partial charge in [0.25, 0.3) is 5.91 Å². The van der Waals surface area contributed by atoms with Gasteiger partial charge >= 0.3 is 0 Å². The van der Waals surface area contributed by atoms with E-state index < -0.39 is 0 Å². The maximum Gasteiger partial charge on any atom is 0.257 e. The molecule has 9 nitrogen and oxygen atoms in total. The molecule has 1 amide bonds. The Morgan fingerprint density at radius 3 is 2.89 bits per heavy atom. The highest BCUT2D eigenvalue weighted by molar-refractivity contribution is 5.95. The average molecular weight is 374 g/mol. The summed E-state index contributed by atoms with van der Waals surface area (Å²) >= 11 is 0. The number of piperidine rings is 1. The van der Waals surface area contributed by atoms with Crippen molar-refractivity contribution in [3.63, 3.8) is 0 Å². The molecule has 146 valence electrons. The fourth-order valence-corrected chi connectivity index (χ4v) is 3.16. The number of aromatic nitrogens is 4. The van der Waals surface area contributed by atoms with Gasteiger partial charge in [0.2, 0.25) is 11.8 Å². The van der Waals surface area contributed by atoms with Crippen LogP contribution < -0.4 is 4.90 Å². The van der Waals surface area contributed by atoms with Crippen LogP contribution in [0.1, 0.15) is 53.1 Å². The van der Waals surface area contributed by atoms with Crippen LogP contribution in [0.2, 0.25) is 0 Å². The van der Waals surface area contributed by atoms with E-state index in [9.17, 15) is 4.79 Å². The van der Waals surface area contributed by atoms with Crippen LogP contribution in [0.4, 0.5) is 5.95 Å². The summed E-state index contributed by atoms with van der Waals surface area (Å²) in [6.45, 7) is 3.01. The van der Waals surface area contributed by atoms with Gasteiger partial charge in [-0.05, 0) is 26.2 Å². The molecular formula is C18H26N6O3. The van der Waals surface area contributed by atoms with E-state index >= 15 is 0 Å². The number of carbonyl (C=O) groups is 1. The van der Waals surface area contributed by atoms with Crippen molar-refractivity contribution >= 4 is 11.9 Å². The molecule has 3 rings (SSSR count). The molecule has 0 radical (unpaired) electrons. The number of carbonyl (C=O) groups excluding carboxylic acids is 1. The molecule has 1 saturated heterocycles. The number of methoxy groups -OCH3 is 1. The molecule has 27 heavy (non-hydrogen) atoms. The van der Waals surface area contributed by atoms with Gasteiger partial charge in [-0.3, -0.25) is 4.79 Å². The van der Waals surface area contributed by atoms with Crippen molar-refractivity contribution in [3.8, 4) is 0 Å². The molecule has 2 aromatic heterocycles. The second kappa shape index (κ2) is 8.43. The van der Waals surface area contributed by atoms with Gasteiger partial charge in [0.1, 0.15) is 6.04 Å². The molecule has 0 aromatic carbocycles. The Morgan fingerprint density at radius 1 is 1.37 bits per heavy atom. The van der Waals surface area contributed by atoms with Gasteiger partial charge < -0.3 is 19.1 Å². The van der Waals surface area contributed by atoms with Crippen LogP contribution in [-0.2, 0) is 11.2 Å². The summed E-state index contributed by atoms with van der Waals surface area (Å²) in [7, 11) is 5.37. The minimum Gasteiger partial charge on any atom is -0.384 e. The van der Waals surface area contributed by atoms with Crippen LogP contribution in [0, 0.1) is 6.92 Å². The highest BCUT2D eigenvalue weighted by Crippen LogP contribution is 2.31. The summed E-state index contributed by atoms with van der Waals surface area (Å²) < 4.78 is 10.5. The number of aryl methyl sites for hydroxylation is 1. The Bertz CT molecular complexity index is 791. The lowest BCUT2D eigenvalue weighted by Crippen LogP contribution is -2.39. The predicted molar refractivity (Wildman–Crippen MR) is 98.6 cm³/mol. The second-order valence-electron chi connectivity index (χ2n) is 6.87. The molecule has 0 N–H and O–H groups in total. The Morgan fingerprint density at radius 2 is 2.19 bits per heavy atom. The molecule has 3 heterocycles. The maximum absolute atomic E-state index is 13.2. The summed E-state index contributed by atoms with van der Waals surface area (Å²) in [5.41, 5.74) is 1.17. The van der Waals surface area contributed by atoms with Crippen LogP contribution in [0.3, 0.4) is 0 Å². The number of anilines is 1. The SMILES string of the molecule is COCCc1noc(C2CCCCN2C(=O)c2cnc(N(C)C)nc2C)n1. The number of amides is 1. The molecule has 1 fully saturated rings. The number of nitrogens with zero attached hydrogens (tertiary/aromatic N) is 6. The van der Waals surface area contributed by atoms with E-state index in [0.717, 1.165) is 19.3 Å². The zero-order chi connectivity index (χ0) is 19.4. The molecule has 9 heteroatoms. The third kappa shape index (κ3) is 4.24. The Kier molecular flexibility index (Phi) is 6.00. The first-order valence-electron chi connectivity index (χ1n) is 9.14. The lowest BCUT2D eigenvalue weighted by molar-refractivity contribution is 0.0559. The van der Waals surface area contributed by atoms with E-state index in [4.69, 9.17) is 9.26 Å². The quantitative estimate of drug-likeness (QED) is 0.755. The van der Waals surface area contributed by atoms with E-state index in [1.54, 1.807) is 18.2 Å². The summed E-state index contributed by atoms with van der Waals surface area (Å²) in [6.07, 6.45) is 4.94. The first-order chi connectivity index (χ1) is 13.0. The second-order valence-corrected chi connectivity index (χ2v) is 6.87. The average Bonchev–Trinajstić information content (AvgIpc) is 3.14. The van der Waals surface area contributed by atoms with Gasteiger partial charge in [0, 0.05) is 40.4 Å². The number of likely N-dealkylation sites (tertiary alicyclic amines) is 1. The number of hydrogen-bond acceptors (Lipinski definition) is 8. The Labute approximate surface area is 158 Å². The zero-order valence-electron chi connectivity index (χ0n) is 16.3. The van der Waals surface area contributed by atoms with Gasteiger partial charge in [-0.15, -0.1) is 0 Å². The normalized spacial score (nSPS) is 17.2. The molecule has 1 atom stereocenters. The van der Waals surface area contributed by atoms with Crippen LogP contribution in [-0.4, -0.2) is 65.3 Å². The van der Waals surface area contributed by atoms with Crippen molar-refractivity contribution in [1.82, 2.24) is 25.0 Å². The predicted octanol–water partition coefficient (Wildman–Crippen LogP) is 1.79. The highest BCUT2D eigenvalue weighted by atomic mass is 16.5. The molecule has 0 saturated carbocycles. The molecule has 0 spiro atoms. The summed E-state index contributed by atoms with van der Waals surface area (Å²) in [4.78, 5) is 30.0. The lowest BCUT2D eigenvalue weighted by atomic mass is 10.0. The minimum atomic E-state index is -0.219. The topological polar surface area (TPSA) is 97.5 Å². The first-order valence-corrected chi connectivity index (χ1v) is 9.14. The van der Waals surface area contributed by atoms with E-state index in [-0.39, 0.29) is 11.9 Å². The van der Waals surface area contributed by atoms with Crippen molar-refractivity contribution in [2.24, 2.45) is 0 Å². The zero-order valence-corrected chi connectivity index (χ0v) is 16.3. The third-order valence-electron chi connectivity index (χ3n) is 4.66. The summed E-state index contributed by atoms with van der Waals surface area (Å²) in [5, 5.41) is 4.01. The highest BCUT2D eigenvalue weighted by Gasteiger charge is 2.33. The molecule has 2 aromatic rings. The van der Waals surface area contributed by atoms with Gasteiger partial charge in [-0.1, -0.05) is 5.16 Å². The minimum absolute atomic E-state index is 0.0980. The molecule has 1 unspecified atom stereocenters. The molecule has 1 aliphatic heterocycles. The first kappa shape index (κ1) is 19.2. The summed E-state index contributed by atoms with van der Waals surface area (Å²) in [6, 6.07) is -0.219. The van der Waals surface area contributed by atoms with E-state index in [0.29, 0.717) is 48.5 Å². The van der Waals surface area contributed by atoms with Crippen LogP contribution in [0.5, 0.6) is 0 Å². The monoisotopic (exact) mass is 374 g/mol. The van der Waals surface area contributed by atoms with Crippen LogP contribution in [0.25, 0.3) is 0 Å². The fourth-order valence-electron chi connectivity index (χ4n) is 3.16. The smallest absolute Gasteiger partial charge is 0.257 e. The number of hydrogen-bond donors (Lipinski definition) is 0. The van der Waals surface area contributed by atoms with Gasteiger partial charge in [0.15, 0.2) is 5.82 Å². The van der Waals surface area contributed by atoms with E-state index in [1.165, 1.54) is 0 Å². The summed E-state index contributed by atoms with van der Waals surface area (Å²) in [5.74, 6) is 1.57. The van der Waals surface area contributed by atoms with Crippen molar-refractivity contribution in [2.75, 3.05) is 39.3 Å². The lowest BCUT2D eigenvalue weighted by Gasteiger charge is -2.33.